The lowest BCUT2D eigenvalue weighted by Gasteiger charge is -2.27. The summed E-state index contributed by atoms with van der Waals surface area (Å²) in [6.45, 7) is 4.89. The summed E-state index contributed by atoms with van der Waals surface area (Å²) in [7, 11) is 0. The minimum atomic E-state index is -2.24. The minimum Gasteiger partial charge on any atom is -0.456 e. The molecule has 0 N–H and O–H groups in total. The van der Waals surface area contributed by atoms with Crippen molar-refractivity contribution in [3.63, 3.8) is 0 Å². The van der Waals surface area contributed by atoms with Crippen molar-refractivity contribution in [1.82, 2.24) is 0 Å². The molecule has 0 aliphatic carbocycles. The Bertz CT molecular complexity index is 915. The highest BCUT2D eigenvalue weighted by Gasteiger charge is 2.61. The first-order chi connectivity index (χ1) is 11.9. The van der Waals surface area contributed by atoms with E-state index in [1.54, 1.807) is 20.8 Å². The molecule has 2 aliphatic heterocycles. The van der Waals surface area contributed by atoms with Crippen LogP contribution in [-0.2, 0) is 29.6 Å². The summed E-state index contributed by atoms with van der Waals surface area (Å²) in [5, 5.41) is -0.810. The Hall–Kier alpha value is -1.47. The molecule has 1 spiro atoms. The highest BCUT2D eigenvalue weighted by atomic mass is 35.5. The van der Waals surface area contributed by atoms with Crippen molar-refractivity contribution >= 4 is 64.3 Å². The molecule has 0 amide bonds. The predicted molar refractivity (Wildman–Crippen MR) is 93.6 cm³/mol. The molecule has 3 rings (SSSR count). The molecule has 0 radical (unpaired) electrons. The molecule has 2 aliphatic rings. The third-order valence-electron chi connectivity index (χ3n) is 3.52. The van der Waals surface area contributed by atoms with Gasteiger partial charge in [-0.05, 0) is 20.8 Å². The van der Waals surface area contributed by atoms with E-state index in [-0.39, 0.29) is 36.8 Å². The summed E-state index contributed by atoms with van der Waals surface area (Å²) in [6, 6.07) is 0. The van der Waals surface area contributed by atoms with Gasteiger partial charge in [0.25, 0.3) is 0 Å². The van der Waals surface area contributed by atoms with Crippen LogP contribution in [0.5, 0.6) is 0 Å². The van der Waals surface area contributed by atoms with Gasteiger partial charge in [0.2, 0.25) is 0 Å². The number of hydrogen-bond donors (Lipinski definition) is 0. The normalized spacial score (nSPS) is 21.4. The van der Waals surface area contributed by atoms with Crippen LogP contribution in [0.25, 0.3) is 0 Å². The maximum Gasteiger partial charge on any atom is 0.344 e. The second kappa shape index (κ2) is 6.02. The monoisotopic (exact) mass is 438 g/mol. The van der Waals surface area contributed by atoms with Gasteiger partial charge in [-0.15, -0.1) is 0 Å². The van der Waals surface area contributed by atoms with E-state index >= 15 is 0 Å². The molecule has 0 bridgehead atoms. The van der Waals surface area contributed by atoms with Crippen molar-refractivity contribution in [2.45, 2.75) is 32.2 Å². The number of carbonyl (C=O) groups is 3. The standard InChI is InChI=1S/C16H10Cl4O6/c1-15(2,3)25-13(22)5-4-6(21)24-16(5)8-7(14(23)26-16)9(17)11(19)12(20)10(8)18/h4H,1-3H3. The lowest BCUT2D eigenvalue weighted by atomic mass is 9.95. The lowest BCUT2D eigenvalue weighted by Crippen LogP contribution is -2.36. The maximum atomic E-state index is 12.6. The minimum absolute atomic E-state index is 0.168. The van der Waals surface area contributed by atoms with Crippen LogP contribution in [0, 0.1) is 0 Å². The third kappa shape index (κ3) is 2.76. The second-order valence-corrected chi connectivity index (χ2v) is 8.00. The van der Waals surface area contributed by atoms with Gasteiger partial charge in [-0.3, -0.25) is 0 Å². The molecule has 0 saturated heterocycles. The third-order valence-corrected chi connectivity index (χ3v) is 5.32. The number of ether oxygens (including phenoxy) is 3. The average molecular weight is 440 g/mol. The molecule has 1 aromatic rings. The quantitative estimate of drug-likeness (QED) is 0.365. The number of fused-ring (bicyclic) bond motifs is 2. The fourth-order valence-corrected chi connectivity index (χ4v) is 3.65. The smallest absolute Gasteiger partial charge is 0.344 e. The zero-order valence-electron chi connectivity index (χ0n) is 13.5. The molecule has 6 nitrogen and oxygen atoms in total. The van der Waals surface area contributed by atoms with Gasteiger partial charge >= 0.3 is 23.7 Å². The highest BCUT2D eigenvalue weighted by Crippen LogP contribution is 2.55. The number of benzene rings is 1. The summed E-state index contributed by atoms with van der Waals surface area (Å²) in [6.07, 6.45) is 0.864. The van der Waals surface area contributed by atoms with Gasteiger partial charge in [0.1, 0.15) is 11.2 Å². The number of hydrogen-bond acceptors (Lipinski definition) is 6. The number of rotatable bonds is 1. The zero-order chi connectivity index (χ0) is 19.6. The summed E-state index contributed by atoms with van der Waals surface area (Å²) in [5.41, 5.74) is -1.66. The lowest BCUT2D eigenvalue weighted by molar-refractivity contribution is -0.186. The van der Waals surface area contributed by atoms with Crippen molar-refractivity contribution in [1.29, 1.82) is 0 Å². The van der Waals surface area contributed by atoms with Crippen molar-refractivity contribution in [3.8, 4) is 0 Å². The zero-order valence-corrected chi connectivity index (χ0v) is 16.6. The fraction of sp³-hybridized carbons (Fsp3) is 0.312. The van der Waals surface area contributed by atoms with Crippen molar-refractivity contribution in [3.05, 3.63) is 42.9 Å². The Balaban J connectivity index is 2.25. The Morgan fingerprint density at radius 2 is 1.58 bits per heavy atom. The number of carbonyl (C=O) groups excluding carboxylic acids is 3. The van der Waals surface area contributed by atoms with E-state index in [9.17, 15) is 14.4 Å². The van der Waals surface area contributed by atoms with E-state index in [1.165, 1.54) is 0 Å². The molecule has 138 valence electrons. The van der Waals surface area contributed by atoms with E-state index in [2.05, 4.69) is 0 Å². The van der Waals surface area contributed by atoms with Crippen molar-refractivity contribution < 1.29 is 28.6 Å². The molecule has 2 heterocycles. The summed E-state index contributed by atoms with van der Waals surface area (Å²) >= 11 is 24.3. The van der Waals surface area contributed by atoms with Crippen LogP contribution in [-0.4, -0.2) is 23.5 Å². The molecule has 0 aromatic heterocycles. The van der Waals surface area contributed by atoms with Gasteiger partial charge in [0.15, 0.2) is 0 Å². The Kier molecular flexibility index (Phi) is 4.47. The summed E-state index contributed by atoms with van der Waals surface area (Å²) in [4.78, 5) is 36.9. The topological polar surface area (TPSA) is 78.9 Å². The molecule has 0 fully saturated rings. The Labute approximate surface area is 167 Å². The van der Waals surface area contributed by atoms with E-state index < -0.39 is 29.3 Å². The average Bonchev–Trinajstić information content (AvgIpc) is 2.98. The highest BCUT2D eigenvalue weighted by molar-refractivity contribution is 6.53. The van der Waals surface area contributed by atoms with Gasteiger partial charge in [0.05, 0.1) is 31.2 Å². The van der Waals surface area contributed by atoms with E-state index in [4.69, 9.17) is 60.6 Å². The van der Waals surface area contributed by atoms with Crippen molar-refractivity contribution in [2.24, 2.45) is 0 Å². The maximum absolute atomic E-state index is 12.6. The first kappa shape index (κ1) is 19.3. The number of halogens is 4. The summed E-state index contributed by atoms with van der Waals surface area (Å²) < 4.78 is 15.7. The molecule has 26 heavy (non-hydrogen) atoms. The largest absolute Gasteiger partial charge is 0.456 e. The van der Waals surface area contributed by atoms with Crippen LogP contribution in [0.15, 0.2) is 11.6 Å². The van der Waals surface area contributed by atoms with E-state index in [0.29, 0.717) is 0 Å². The summed E-state index contributed by atoms with van der Waals surface area (Å²) in [5.74, 6) is -5.07. The molecular weight excluding hydrogens is 430 g/mol. The van der Waals surface area contributed by atoms with Crippen molar-refractivity contribution in [2.75, 3.05) is 0 Å². The molecule has 0 saturated carbocycles. The van der Waals surface area contributed by atoms with Crippen LogP contribution >= 0.6 is 46.4 Å². The SMILES string of the molecule is CC(C)(C)OC(=O)C1=CC(=O)OC12OC(=O)c1c(Cl)c(Cl)c(Cl)c(Cl)c12. The van der Waals surface area contributed by atoms with Gasteiger partial charge < -0.3 is 14.2 Å². The Morgan fingerprint density at radius 1 is 1.00 bits per heavy atom. The Morgan fingerprint density at radius 3 is 2.15 bits per heavy atom. The second-order valence-electron chi connectivity index (χ2n) is 6.49. The molecular formula is C16H10Cl4O6. The van der Waals surface area contributed by atoms with Crippen LogP contribution in [0.3, 0.4) is 0 Å². The van der Waals surface area contributed by atoms with Crippen LogP contribution in [0.2, 0.25) is 20.1 Å². The van der Waals surface area contributed by atoms with E-state index in [0.717, 1.165) is 6.08 Å². The first-order valence-electron chi connectivity index (χ1n) is 7.17. The molecule has 10 heteroatoms. The fourth-order valence-electron chi connectivity index (χ4n) is 2.59. The first-order valence-corrected chi connectivity index (χ1v) is 8.68. The van der Waals surface area contributed by atoms with Gasteiger partial charge in [0, 0.05) is 6.08 Å². The molecule has 1 aromatic carbocycles. The molecule has 1 unspecified atom stereocenters. The van der Waals surface area contributed by atoms with Gasteiger partial charge in [-0.25, -0.2) is 14.4 Å². The number of esters is 3. The van der Waals surface area contributed by atoms with Crippen LogP contribution in [0.4, 0.5) is 0 Å². The van der Waals surface area contributed by atoms with Gasteiger partial charge in [-0.2, -0.15) is 0 Å². The van der Waals surface area contributed by atoms with Gasteiger partial charge in [-0.1, -0.05) is 46.4 Å². The van der Waals surface area contributed by atoms with Crippen LogP contribution in [0.1, 0.15) is 36.7 Å². The molecule has 1 atom stereocenters. The predicted octanol–water partition coefficient (Wildman–Crippen LogP) is 4.45. The van der Waals surface area contributed by atoms with Crippen LogP contribution < -0.4 is 0 Å². The van der Waals surface area contributed by atoms with E-state index in [1.807, 2.05) is 0 Å².